The number of hydrogen-bond acceptors (Lipinski definition) is 3. The van der Waals surface area contributed by atoms with Crippen LogP contribution in [0.15, 0.2) is 24.3 Å². The van der Waals surface area contributed by atoms with Gasteiger partial charge in [0, 0.05) is 18.1 Å². The molecule has 0 radical (unpaired) electrons. The van der Waals surface area contributed by atoms with E-state index in [1.807, 2.05) is 17.0 Å². The molecule has 21 heavy (non-hydrogen) atoms. The van der Waals surface area contributed by atoms with E-state index < -0.39 is 0 Å². The first-order chi connectivity index (χ1) is 10.0. The monoisotopic (exact) mass is 309 g/mol. The lowest BCUT2D eigenvalue weighted by atomic mass is 9.97. The van der Waals surface area contributed by atoms with E-state index in [1.165, 1.54) is 0 Å². The normalized spacial score (nSPS) is 19.2. The first-order valence-electron chi connectivity index (χ1n) is 7.07. The van der Waals surface area contributed by atoms with Crippen molar-refractivity contribution in [3.63, 3.8) is 0 Å². The van der Waals surface area contributed by atoms with Crippen molar-refractivity contribution in [3.8, 4) is 0 Å². The summed E-state index contributed by atoms with van der Waals surface area (Å²) in [6, 6.07) is 7.36. The van der Waals surface area contributed by atoms with Crippen molar-refractivity contribution in [2.75, 3.05) is 19.6 Å². The second-order valence-electron chi connectivity index (χ2n) is 5.38. The van der Waals surface area contributed by atoms with Crippen molar-refractivity contribution in [1.29, 1.82) is 0 Å². The number of carbonyl (C=O) groups excluding carboxylic acids is 2. The van der Waals surface area contributed by atoms with E-state index in [-0.39, 0.29) is 17.7 Å². The number of piperidine rings is 1. The molecule has 1 unspecified atom stereocenters. The zero-order valence-corrected chi connectivity index (χ0v) is 12.6. The van der Waals surface area contributed by atoms with Gasteiger partial charge >= 0.3 is 0 Å². The number of primary amides is 1. The van der Waals surface area contributed by atoms with E-state index in [1.54, 1.807) is 12.1 Å². The van der Waals surface area contributed by atoms with Gasteiger partial charge in [0.15, 0.2) is 0 Å². The minimum Gasteiger partial charge on any atom is -0.369 e. The molecule has 0 aliphatic carbocycles. The van der Waals surface area contributed by atoms with Crippen LogP contribution >= 0.6 is 11.6 Å². The van der Waals surface area contributed by atoms with Crippen molar-refractivity contribution in [2.45, 2.75) is 19.4 Å². The van der Waals surface area contributed by atoms with Crippen molar-refractivity contribution >= 4 is 23.4 Å². The van der Waals surface area contributed by atoms with Gasteiger partial charge in [-0.15, -0.1) is 0 Å². The molecule has 0 saturated carbocycles. The summed E-state index contributed by atoms with van der Waals surface area (Å²) in [4.78, 5) is 25.1. The topological polar surface area (TPSA) is 75.4 Å². The molecular weight excluding hydrogens is 290 g/mol. The molecule has 5 nitrogen and oxygen atoms in total. The Bertz CT molecular complexity index is 504. The van der Waals surface area contributed by atoms with Crippen LogP contribution in [-0.4, -0.2) is 36.3 Å². The quantitative estimate of drug-likeness (QED) is 0.857. The first kappa shape index (κ1) is 15.8. The minimum atomic E-state index is -0.277. The van der Waals surface area contributed by atoms with Crippen LogP contribution in [0.3, 0.4) is 0 Å². The molecule has 1 fully saturated rings. The van der Waals surface area contributed by atoms with Crippen LogP contribution in [0.25, 0.3) is 0 Å². The average molecular weight is 310 g/mol. The molecule has 3 N–H and O–H groups in total. The highest BCUT2D eigenvalue weighted by Gasteiger charge is 2.24. The number of likely N-dealkylation sites (tertiary alicyclic amines) is 1. The molecule has 2 rings (SSSR count). The van der Waals surface area contributed by atoms with E-state index in [2.05, 4.69) is 5.32 Å². The Hall–Kier alpha value is -1.59. The average Bonchev–Trinajstić information content (AvgIpc) is 2.47. The van der Waals surface area contributed by atoms with Crippen LogP contribution < -0.4 is 11.1 Å². The number of halogens is 1. The van der Waals surface area contributed by atoms with Gasteiger partial charge in [0.2, 0.25) is 11.8 Å². The van der Waals surface area contributed by atoms with E-state index in [4.69, 9.17) is 17.3 Å². The first-order valence-corrected chi connectivity index (χ1v) is 7.45. The SMILES string of the molecule is NC(=O)C1CCCN(CC(=O)NCc2ccc(Cl)cc2)C1. The Labute approximate surface area is 129 Å². The molecule has 1 aliphatic heterocycles. The van der Waals surface area contributed by atoms with Gasteiger partial charge in [0.1, 0.15) is 0 Å². The van der Waals surface area contributed by atoms with Crippen LogP contribution in [0.5, 0.6) is 0 Å². The second kappa shape index (κ2) is 7.43. The molecule has 0 spiro atoms. The maximum absolute atomic E-state index is 11.9. The zero-order valence-electron chi connectivity index (χ0n) is 11.8. The fourth-order valence-corrected chi connectivity index (χ4v) is 2.62. The van der Waals surface area contributed by atoms with Crippen LogP contribution in [0.2, 0.25) is 5.02 Å². The summed E-state index contributed by atoms with van der Waals surface area (Å²) in [6.07, 6.45) is 1.72. The largest absolute Gasteiger partial charge is 0.369 e. The number of amides is 2. The minimum absolute atomic E-state index is 0.0462. The lowest BCUT2D eigenvalue weighted by Gasteiger charge is -2.30. The molecule has 1 atom stereocenters. The Morgan fingerprint density at radius 3 is 2.71 bits per heavy atom. The Morgan fingerprint density at radius 2 is 2.05 bits per heavy atom. The highest BCUT2D eigenvalue weighted by molar-refractivity contribution is 6.30. The maximum atomic E-state index is 11.9. The maximum Gasteiger partial charge on any atom is 0.234 e. The van der Waals surface area contributed by atoms with Crippen LogP contribution in [-0.2, 0) is 16.1 Å². The van der Waals surface area contributed by atoms with Gasteiger partial charge in [-0.3, -0.25) is 14.5 Å². The molecule has 0 aromatic heterocycles. The number of benzene rings is 1. The number of nitrogens with zero attached hydrogens (tertiary/aromatic N) is 1. The third kappa shape index (κ3) is 5.02. The van der Waals surface area contributed by atoms with Crippen LogP contribution in [0.4, 0.5) is 0 Å². The fraction of sp³-hybridized carbons (Fsp3) is 0.467. The van der Waals surface area contributed by atoms with Crippen molar-refractivity contribution in [1.82, 2.24) is 10.2 Å². The smallest absolute Gasteiger partial charge is 0.234 e. The summed E-state index contributed by atoms with van der Waals surface area (Å²) in [5.41, 5.74) is 6.33. The Morgan fingerprint density at radius 1 is 1.33 bits per heavy atom. The Kier molecular flexibility index (Phi) is 5.59. The molecule has 6 heteroatoms. The van der Waals surface area contributed by atoms with Gasteiger partial charge in [-0.2, -0.15) is 0 Å². The lowest BCUT2D eigenvalue weighted by Crippen LogP contribution is -2.45. The molecule has 1 aliphatic rings. The van der Waals surface area contributed by atoms with Crippen molar-refractivity contribution in [2.24, 2.45) is 11.7 Å². The molecule has 1 saturated heterocycles. The van der Waals surface area contributed by atoms with Crippen molar-refractivity contribution in [3.05, 3.63) is 34.9 Å². The summed E-state index contributed by atoms with van der Waals surface area (Å²) in [6.45, 7) is 2.18. The Balaban J connectivity index is 1.76. The third-order valence-corrected chi connectivity index (χ3v) is 3.93. The number of nitrogens with one attached hydrogen (secondary N) is 1. The van der Waals surface area contributed by atoms with Crippen LogP contribution in [0.1, 0.15) is 18.4 Å². The van der Waals surface area contributed by atoms with Gasteiger partial charge in [0.05, 0.1) is 12.5 Å². The summed E-state index contributed by atoms with van der Waals surface area (Å²) in [5, 5.41) is 3.55. The highest BCUT2D eigenvalue weighted by atomic mass is 35.5. The van der Waals surface area contributed by atoms with Gasteiger partial charge < -0.3 is 11.1 Å². The summed E-state index contributed by atoms with van der Waals surface area (Å²) >= 11 is 5.81. The van der Waals surface area contributed by atoms with E-state index >= 15 is 0 Å². The molecule has 1 aromatic carbocycles. The van der Waals surface area contributed by atoms with Gasteiger partial charge in [-0.1, -0.05) is 23.7 Å². The third-order valence-electron chi connectivity index (χ3n) is 3.68. The summed E-state index contributed by atoms with van der Waals surface area (Å²) < 4.78 is 0. The van der Waals surface area contributed by atoms with Gasteiger partial charge in [0.25, 0.3) is 0 Å². The second-order valence-corrected chi connectivity index (χ2v) is 5.82. The number of hydrogen-bond donors (Lipinski definition) is 2. The molecular formula is C15H20ClN3O2. The highest BCUT2D eigenvalue weighted by Crippen LogP contribution is 2.15. The predicted molar refractivity (Wildman–Crippen MR) is 81.7 cm³/mol. The predicted octanol–water partition coefficient (Wildman–Crippen LogP) is 1.15. The fourth-order valence-electron chi connectivity index (χ4n) is 2.49. The molecule has 114 valence electrons. The van der Waals surface area contributed by atoms with Gasteiger partial charge in [-0.05, 0) is 37.1 Å². The molecule has 0 bridgehead atoms. The summed E-state index contributed by atoms with van der Waals surface area (Å²) in [5.74, 6) is -0.459. The van der Waals surface area contributed by atoms with E-state index in [0.29, 0.717) is 24.7 Å². The summed E-state index contributed by atoms with van der Waals surface area (Å²) in [7, 11) is 0. The van der Waals surface area contributed by atoms with Crippen LogP contribution in [0, 0.1) is 5.92 Å². The van der Waals surface area contributed by atoms with E-state index in [0.717, 1.165) is 24.9 Å². The molecule has 2 amide bonds. The lowest BCUT2D eigenvalue weighted by molar-refractivity contribution is -0.126. The standard InChI is InChI=1S/C15H20ClN3O2/c16-13-5-3-11(4-6-13)8-18-14(20)10-19-7-1-2-12(9-19)15(17)21/h3-6,12H,1-2,7-10H2,(H2,17,21)(H,18,20). The van der Waals surface area contributed by atoms with Crippen molar-refractivity contribution < 1.29 is 9.59 Å². The number of carbonyl (C=O) groups is 2. The van der Waals surface area contributed by atoms with Gasteiger partial charge in [-0.25, -0.2) is 0 Å². The zero-order chi connectivity index (χ0) is 15.2. The van der Waals surface area contributed by atoms with E-state index in [9.17, 15) is 9.59 Å². The molecule has 1 aromatic rings. The number of rotatable bonds is 5. The number of nitrogens with two attached hydrogens (primary N) is 1. The molecule has 1 heterocycles.